The first-order valence-electron chi connectivity index (χ1n) is 13.8. The van der Waals surface area contributed by atoms with Gasteiger partial charge in [-0.15, -0.1) is 0 Å². The molecule has 0 saturated carbocycles. The van der Waals surface area contributed by atoms with Crippen LogP contribution in [0.1, 0.15) is 11.1 Å². The van der Waals surface area contributed by atoms with Crippen LogP contribution in [-0.2, 0) is 0 Å². The first-order valence-corrected chi connectivity index (χ1v) is 13.8. The minimum Gasteiger partial charge on any atom is -0.309 e. The third kappa shape index (κ3) is 3.47. The highest BCUT2D eigenvalue weighted by atomic mass is 15.0. The van der Waals surface area contributed by atoms with Crippen LogP contribution in [0.4, 0.5) is 0 Å². The Kier molecular flexibility index (Phi) is 5.22. The van der Waals surface area contributed by atoms with Crippen molar-refractivity contribution in [2.24, 2.45) is 0 Å². The van der Waals surface area contributed by atoms with Gasteiger partial charge in [-0.05, 0) is 71.8 Å². The van der Waals surface area contributed by atoms with Crippen molar-refractivity contribution >= 4 is 43.6 Å². The molecular weight excluding hydrogens is 512 g/mol. The van der Waals surface area contributed by atoms with Crippen LogP contribution in [-0.4, -0.2) is 9.13 Å². The van der Waals surface area contributed by atoms with Gasteiger partial charge in [-0.2, -0.15) is 10.5 Å². The van der Waals surface area contributed by atoms with Crippen molar-refractivity contribution < 1.29 is 0 Å². The van der Waals surface area contributed by atoms with Crippen LogP contribution in [0.25, 0.3) is 66.1 Å². The quantitative estimate of drug-likeness (QED) is 0.227. The zero-order chi connectivity index (χ0) is 28.2. The molecule has 194 valence electrons. The van der Waals surface area contributed by atoms with Gasteiger partial charge >= 0.3 is 0 Å². The minimum atomic E-state index is 0.588. The van der Waals surface area contributed by atoms with E-state index in [4.69, 9.17) is 0 Å². The largest absolute Gasteiger partial charge is 0.309 e. The van der Waals surface area contributed by atoms with E-state index in [0.717, 1.165) is 60.7 Å². The molecule has 6 aromatic carbocycles. The average Bonchev–Trinajstić information content (AvgIpc) is 3.56. The summed E-state index contributed by atoms with van der Waals surface area (Å²) in [7, 11) is 0. The minimum absolute atomic E-state index is 0.588. The van der Waals surface area contributed by atoms with E-state index in [1.165, 1.54) is 5.39 Å². The molecule has 0 amide bonds. The number of hydrogen-bond acceptors (Lipinski definition) is 2. The molecule has 4 nitrogen and oxygen atoms in total. The molecule has 2 aromatic heterocycles. The van der Waals surface area contributed by atoms with Crippen molar-refractivity contribution in [2.75, 3.05) is 0 Å². The summed E-state index contributed by atoms with van der Waals surface area (Å²) < 4.78 is 4.55. The van der Waals surface area contributed by atoms with Gasteiger partial charge in [0.1, 0.15) is 6.07 Å². The fraction of sp³-hybridized carbons (Fsp3) is 0. The number of hydrogen-bond donors (Lipinski definition) is 0. The van der Waals surface area contributed by atoms with Crippen LogP contribution in [0.15, 0.2) is 133 Å². The molecule has 0 saturated heterocycles. The smallest absolute Gasteiger partial charge is 0.101 e. The molecule has 8 rings (SSSR count). The van der Waals surface area contributed by atoms with Gasteiger partial charge in [-0.25, -0.2) is 0 Å². The normalized spacial score (nSPS) is 11.3. The molecule has 0 atom stereocenters. The summed E-state index contributed by atoms with van der Waals surface area (Å²) >= 11 is 0. The lowest BCUT2D eigenvalue weighted by Crippen LogP contribution is -1.98. The van der Waals surface area contributed by atoms with Crippen molar-refractivity contribution in [3.8, 4) is 34.6 Å². The van der Waals surface area contributed by atoms with Crippen LogP contribution in [0.2, 0.25) is 0 Å². The van der Waals surface area contributed by atoms with Crippen molar-refractivity contribution in [3.63, 3.8) is 0 Å². The van der Waals surface area contributed by atoms with E-state index in [1.54, 1.807) is 6.07 Å². The van der Waals surface area contributed by atoms with Gasteiger partial charge in [0.05, 0.1) is 45.0 Å². The Morgan fingerprint density at radius 2 is 1.05 bits per heavy atom. The summed E-state index contributed by atoms with van der Waals surface area (Å²) in [5, 5.41) is 24.3. The average molecular weight is 535 g/mol. The number of nitriles is 2. The van der Waals surface area contributed by atoms with E-state index < -0.39 is 0 Å². The van der Waals surface area contributed by atoms with Crippen LogP contribution in [0, 0.1) is 22.7 Å². The second-order valence-corrected chi connectivity index (χ2v) is 10.5. The number of para-hydroxylation sites is 3. The second-order valence-electron chi connectivity index (χ2n) is 10.5. The predicted molar refractivity (Wildman–Crippen MR) is 170 cm³/mol. The van der Waals surface area contributed by atoms with Gasteiger partial charge in [-0.3, -0.25) is 0 Å². The lowest BCUT2D eigenvalue weighted by atomic mass is 10.0. The van der Waals surface area contributed by atoms with Crippen LogP contribution < -0.4 is 0 Å². The van der Waals surface area contributed by atoms with E-state index >= 15 is 0 Å². The molecule has 0 aliphatic rings. The van der Waals surface area contributed by atoms with Gasteiger partial charge in [0.2, 0.25) is 0 Å². The van der Waals surface area contributed by atoms with E-state index in [1.807, 2.05) is 42.5 Å². The highest BCUT2D eigenvalue weighted by Crippen LogP contribution is 2.40. The maximum absolute atomic E-state index is 10.2. The standard InChI is InChI=1S/C38H22N4/c39-23-25-9-8-10-26(19-25)27-17-18-28(24-40)36(20-27)42-35-16-7-5-14-31(35)33-21-37-32(22-38(33)42)30-13-4-6-15-34(30)41(37)29-11-2-1-3-12-29/h1-22H. The summed E-state index contributed by atoms with van der Waals surface area (Å²) in [4.78, 5) is 0. The Bertz CT molecular complexity index is 2430. The molecular formula is C38H22N4. The van der Waals surface area contributed by atoms with Crippen molar-refractivity contribution in [1.82, 2.24) is 9.13 Å². The van der Waals surface area contributed by atoms with Crippen LogP contribution in [0.3, 0.4) is 0 Å². The first kappa shape index (κ1) is 23.8. The monoisotopic (exact) mass is 534 g/mol. The van der Waals surface area contributed by atoms with Crippen molar-refractivity contribution in [2.45, 2.75) is 0 Å². The maximum Gasteiger partial charge on any atom is 0.101 e. The molecule has 0 spiro atoms. The Balaban J connectivity index is 1.49. The fourth-order valence-electron chi connectivity index (χ4n) is 6.30. The number of rotatable bonds is 3. The molecule has 0 bridgehead atoms. The van der Waals surface area contributed by atoms with Gasteiger partial charge in [-0.1, -0.05) is 72.8 Å². The van der Waals surface area contributed by atoms with E-state index in [2.05, 4.69) is 106 Å². The van der Waals surface area contributed by atoms with E-state index in [-0.39, 0.29) is 0 Å². The zero-order valence-electron chi connectivity index (χ0n) is 22.5. The number of fused-ring (bicyclic) bond motifs is 6. The Labute approximate surface area is 242 Å². The summed E-state index contributed by atoms with van der Waals surface area (Å²) in [6, 6.07) is 50.1. The summed E-state index contributed by atoms with van der Waals surface area (Å²) in [5.41, 5.74) is 9.38. The van der Waals surface area contributed by atoms with E-state index in [9.17, 15) is 10.5 Å². The molecule has 8 aromatic rings. The van der Waals surface area contributed by atoms with Gasteiger partial charge in [0, 0.05) is 27.2 Å². The zero-order valence-corrected chi connectivity index (χ0v) is 22.5. The fourth-order valence-corrected chi connectivity index (χ4v) is 6.30. The number of benzene rings is 6. The van der Waals surface area contributed by atoms with Crippen molar-refractivity contribution in [1.29, 1.82) is 10.5 Å². The van der Waals surface area contributed by atoms with Gasteiger partial charge < -0.3 is 9.13 Å². The Morgan fingerprint density at radius 1 is 0.429 bits per heavy atom. The molecule has 0 unspecified atom stereocenters. The predicted octanol–water partition coefficient (Wildman–Crippen LogP) is 9.29. The molecule has 2 heterocycles. The SMILES string of the molecule is N#Cc1cccc(-c2ccc(C#N)c(-n3c4ccccc4c4cc5c(cc43)c3ccccc3n5-c3ccccc3)c2)c1. The second kappa shape index (κ2) is 9.24. The van der Waals surface area contributed by atoms with Crippen molar-refractivity contribution in [3.05, 3.63) is 145 Å². The maximum atomic E-state index is 10.2. The first-order chi connectivity index (χ1) is 20.7. The Morgan fingerprint density at radius 3 is 1.74 bits per heavy atom. The highest BCUT2D eigenvalue weighted by Gasteiger charge is 2.20. The summed E-state index contributed by atoms with van der Waals surface area (Å²) in [6.45, 7) is 0. The third-order valence-corrected chi connectivity index (χ3v) is 8.16. The number of aromatic nitrogens is 2. The van der Waals surface area contributed by atoms with Crippen LogP contribution in [0.5, 0.6) is 0 Å². The van der Waals surface area contributed by atoms with Gasteiger partial charge in [0.15, 0.2) is 0 Å². The topological polar surface area (TPSA) is 57.4 Å². The summed E-state index contributed by atoms with van der Waals surface area (Å²) in [5.74, 6) is 0. The van der Waals surface area contributed by atoms with Gasteiger partial charge in [0.25, 0.3) is 0 Å². The van der Waals surface area contributed by atoms with Crippen LogP contribution >= 0.6 is 0 Å². The molecule has 42 heavy (non-hydrogen) atoms. The lowest BCUT2D eigenvalue weighted by Gasteiger charge is -2.13. The molecule has 4 heteroatoms. The number of nitrogens with zero attached hydrogens (tertiary/aromatic N) is 4. The van der Waals surface area contributed by atoms with E-state index in [0.29, 0.717) is 11.1 Å². The molecule has 0 aliphatic carbocycles. The Hall–Kier alpha value is -6.10. The molecule has 0 aliphatic heterocycles. The molecule has 0 N–H and O–H groups in total. The highest BCUT2D eigenvalue weighted by molar-refractivity contribution is 6.19. The lowest BCUT2D eigenvalue weighted by molar-refractivity contribution is 1.17. The third-order valence-electron chi connectivity index (χ3n) is 8.16. The molecule has 0 radical (unpaired) electrons. The molecule has 0 fully saturated rings. The summed E-state index contributed by atoms with van der Waals surface area (Å²) in [6.07, 6.45) is 0.